The lowest BCUT2D eigenvalue weighted by atomic mass is 10.1. The maximum Gasteiger partial charge on any atom is 0.335 e. The summed E-state index contributed by atoms with van der Waals surface area (Å²) < 4.78 is 29.8. The van der Waals surface area contributed by atoms with Crippen LogP contribution in [-0.4, -0.2) is 37.5 Å². The molecule has 248 valence electrons. The number of esters is 4. The molecule has 0 aliphatic heterocycles. The Labute approximate surface area is 272 Å². The molecule has 0 aliphatic carbocycles. The van der Waals surface area contributed by atoms with Gasteiger partial charge in [-0.3, -0.25) is 0 Å². The molecule has 10 heteroatoms. The third-order valence-corrected chi connectivity index (χ3v) is 4.82. The zero-order chi connectivity index (χ0) is 30.7. The lowest BCUT2D eigenvalue weighted by Gasteiger charge is -2.09. The van der Waals surface area contributed by atoms with E-state index in [1.807, 2.05) is 24.3 Å². The molecule has 0 spiro atoms. The molecule has 10 nitrogen and oxygen atoms in total. The van der Waals surface area contributed by atoms with E-state index in [-0.39, 0.29) is 43.3 Å². The molecular weight excluding hydrogens is 592 g/mol. The minimum Gasteiger partial charge on any atom is -0.457 e. The number of carbonyl (C=O) groups excluding carboxylic acids is 4. The molecule has 0 N–H and O–H groups in total. The molecule has 46 heavy (non-hydrogen) atoms. The van der Waals surface area contributed by atoms with Crippen LogP contribution < -0.4 is 18.9 Å². The zero-order valence-corrected chi connectivity index (χ0v) is 22.6. The van der Waals surface area contributed by atoms with Gasteiger partial charge in [0.1, 0.15) is 23.0 Å². The Morgan fingerprint density at radius 1 is 0.435 bits per heavy atom. The molecule has 0 heterocycles. The first-order valence-corrected chi connectivity index (χ1v) is 12.1. The number of rotatable bonds is 13. The first kappa shape index (κ1) is 44.5. The second-order valence-corrected chi connectivity index (χ2v) is 7.63. The van der Waals surface area contributed by atoms with Gasteiger partial charge in [-0.25, -0.2) is 19.2 Å². The molecule has 3 rings (SSSR count). The highest BCUT2D eigenvalue weighted by molar-refractivity contribution is 5.84. The fourth-order valence-corrected chi connectivity index (χ4v) is 2.81. The lowest BCUT2D eigenvalue weighted by Crippen LogP contribution is -2.07. The first-order valence-electron chi connectivity index (χ1n) is 12.1. The van der Waals surface area contributed by atoms with Gasteiger partial charge in [-0.1, -0.05) is 80.3 Å². The highest BCUT2D eigenvalue weighted by atomic mass is 16.7. The molecule has 0 saturated carbocycles. The summed E-state index contributed by atoms with van der Waals surface area (Å²) in [6.45, 7) is 12.8. The van der Waals surface area contributed by atoms with E-state index >= 15 is 0 Å². The fraction of sp³-hybridized carbons (Fsp3) is 0.167. The Balaban J connectivity index is -0.000000810. The van der Waals surface area contributed by atoms with E-state index in [0.717, 1.165) is 35.4 Å². The van der Waals surface area contributed by atoms with Gasteiger partial charge in [-0.05, 0) is 59.7 Å². The maximum absolute atomic E-state index is 10.9. The molecule has 0 amide bonds. The summed E-state index contributed by atoms with van der Waals surface area (Å²) in [6.07, 6.45) is 4.27. The molecule has 0 unspecified atom stereocenters. The molecule has 3 aromatic rings. The molecule has 0 saturated heterocycles. The summed E-state index contributed by atoms with van der Waals surface area (Å²) in [4.78, 5) is 43.6. The van der Waals surface area contributed by atoms with Crippen molar-refractivity contribution in [3.8, 4) is 34.1 Å². The average Bonchev–Trinajstić information content (AvgIpc) is 3.02. The summed E-state index contributed by atoms with van der Waals surface area (Å²) in [5.74, 6) is -0.311. The van der Waals surface area contributed by atoms with E-state index in [4.69, 9.17) is 28.4 Å². The van der Waals surface area contributed by atoms with Gasteiger partial charge in [0.05, 0.1) is 0 Å². The monoisotopic (exact) mass is 636 g/mol. The first-order chi connectivity index (χ1) is 20.3. The number of hydrogen-bond acceptors (Lipinski definition) is 10. The van der Waals surface area contributed by atoms with E-state index in [2.05, 4.69) is 26.3 Å². The van der Waals surface area contributed by atoms with Gasteiger partial charge in [0.25, 0.3) is 0 Å². The van der Waals surface area contributed by atoms with Gasteiger partial charge in [-0.15, -0.1) is 0 Å². The van der Waals surface area contributed by atoms with E-state index in [1.54, 1.807) is 24.3 Å². The van der Waals surface area contributed by atoms with Crippen molar-refractivity contribution in [2.75, 3.05) is 13.6 Å². The van der Waals surface area contributed by atoms with Crippen LogP contribution in [0.1, 0.15) is 29.7 Å². The van der Waals surface area contributed by atoms with Crippen LogP contribution in [0.2, 0.25) is 0 Å². The lowest BCUT2D eigenvalue weighted by molar-refractivity contribution is -0.145. The van der Waals surface area contributed by atoms with Crippen molar-refractivity contribution < 1.29 is 47.6 Å². The summed E-state index contributed by atoms with van der Waals surface area (Å²) in [5.41, 5.74) is 1.95. The Hall–Kier alpha value is -5.90. The smallest absolute Gasteiger partial charge is 0.335 e. The second kappa shape index (κ2) is 24.5. The van der Waals surface area contributed by atoms with Gasteiger partial charge in [-0.2, -0.15) is 0 Å². The SMILES string of the molecule is C.C.C.C.C=CC(=O)OCOc1ccc(-c2ccc(OCOC(=O)C=C)cc2)cc1.C=CC(=O)Oc1ccc(OC(=O)C=C)cc1. The summed E-state index contributed by atoms with van der Waals surface area (Å²) in [5, 5.41) is 0. The Bertz CT molecular complexity index is 1280. The third kappa shape index (κ3) is 16.7. The standard InChI is InChI=1S/C20H18O6.C12H10O4.4CH4/c1-3-19(21)25-13-23-17-9-5-15(6-10-17)16-7-11-18(12-8-16)24-14-26-20(22)4-2;1-3-11(13)15-9-5-7-10(8-6-9)16-12(14)4-2;;;;/h3-12H,1-2,13-14H2;3-8H,1-2H2;4*1H4. The topological polar surface area (TPSA) is 124 Å². The van der Waals surface area contributed by atoms with E-state index in [0.29, 0.717) is 23.0 Å². The van der Waals surface area contributed by atoms with Crippen molar-refractivity contribution in [2.45, 2.75) is 29.7 Å². The predicted octanol–water partition coefficient (Wildman–Crippen LogP) is 7.90. The van der Waals surface area contributed by atoms with Crippen LogP contribution in [0.4, 0.5) is 0 Å². The van der Waals surface area contributed by atoms with Crippen LogP contribution in [-0.2, 0) is 28.7 Å². The fourth-order valence-electron chi connectivity index (χ4n) is 2.81. The van der Waals surface area contributed by atoms with Gasteiger partial charge in [0, 0.05) is 24.3 Å². The summed E-state index contributed by atoms with van der Waals surface area (Å²) in [6, 6.07) is 20.6. The van der Waals surface area contributed by atoms with E-state index in [1.165, 1.54) is 24.3 Å². The summed E-state index contributed by atoms with van der Waals surface area (Å²) in [7, 11) is 0. The average molecular weight is 637 g/mol. The van der Waals surface area contributed by atoms with E-state index in [9.17, 15) is 19.2 Å². The van der Waals surface area contributed by atoms with Gasteiger partial charge >= 0.3 is 23.9 Å². The molecule has 0 bridgehead atoms. The van der Waals surface area contributed by atoms with Crippen molar-refractivity contribution in [3.05, 3.63) is 123 Å². The van der Waals surface area contributed by atoms with Crippen molar-refractivity contribution in [1.29, 1.82) is 0 Å². The molecule has 0 aliphatic rings. The molecule has 0 aromatic heterocycles. The zero-order valence-electron chi connectivity index (χ0n) is 22.6. The van der Waals surface area contributed by atoms with Crippen LogP contribution in [0.15, 0.2) is 123 Å². The molecule has 0 fully saturated rings. The van der Waals surface area contributed by atoms with Gasteiger partial charge in [0.15, 0.2) is 0 Å². The number of ether oxygens (including phenoxy) is 6. The Morgan fingerprint density at radius 3 is 0.957 bits per heavy atom. The summed E-state index contributed by atoms with van der Waals surface area (Å²) >= 11 is 0. The van der Waals surface area contributed by atoms with E-state index < -0.39 is 23.9 Å². The number of carbonyl (C=O) groups is 4. The second-order valence-electron chi connectivity index (χ2n) is 7.63. The molecular formula is C36H44O10. The molecule has 0 atom stereocenters. The normalized spacial score (nSPS) is 8.61. The largest absolute Gasteiger partial charge is 0.457 e. The van der Waals surface area contributed by atoms with Crippen LogP contribution in [0, 0.1) is 0 Å². The Morgan fingerprint density at radius 2 is 0.696 bits per heavy atom. The molecule has 0 radical (unpaired) electrons. The maximum atomic E-state index is 10.9. The van der Waals surface area contributed by atoms with Crippen LogP contribution in [0.5, 0.6) is 23.0 Å². The highest BCUT2D eigenvalue weighted by Gasteiger charge is 2.04. The quantitative estimate of drug-likeness (QED) is 0.0791. The minimum absolute atomic E-state index is 0. The van der Waals surface area contributed by atoms with Crippen molar-refractivity contribution >= 4 is 23.9 Å². The van der Waals surface area contributed by atoms with Gasteiger partial charge in [0.2, 0.25) is 13.6 Å². The number of benzene rings is 3. The van der Waals surface area contributed by atoms with Crippen LogP contribution in [0.25, 0.3) is 11.1 Å². The Kier molecular flexibility index (Phi) is 23.8. The highest BCUT2D eigenvalue weighted by Crippen LogP contribution is 2.25. The van der Waals surface area contributed by atoms with Gasteiger partial charge < -0.3 is 28.4 Å². The third-order valence-electron chi connectivity index (χ3n) is 4.82. The van der Waals surface area contributed by atoms with Crippen molar-refractivity contribution in [2.24, 2.45) is 0 Å². The van der Waals surface area contributed by atoms with Crippen molar-refractivity contribution in [1.82, 2.24) is 0 Å². The van der Waals surface area contributed by atoms with Crippen LogP contribution in [0.3, 0.4) is 0 Å². The molecule has 3 aromatic carbocycles. The van der Waals surface area contributed by atoms with Crippen LogP contribution >= 0.6 is 0 Å². The number of hydrogen-bond donors (Lipinski definition) is 0. The van der Waals surface area contributed by atoms with Crippen molar-refractivity contribution in [3.63, 3.8) is 0 Å². The minimum atomic E-state index is -0.546. The predicted molar refractivity (Wildman–Crippen MR) is 180 cm³/mol.